The minimum atomic E-state index is 0.602. The van der Waals surface area contributed by atoms with E-state index in [2.05, 4.69) is 17.0 Å². The van der Waals surface area contributed by atoms with Crippen LogP contribution in [-0.2, 0) is 6.54 Å². The number of anilines is 1. The molecule has 19 heavy (non-hydrogen) atoms. The molecule has 0 bridgehead atoms. The van der Waals surface area contributed by atoms with E-state index < -0.39 is 0 Å². The van der Waals surface area contributed by atoms with Gasteiger partial charge in [-0.15, -0.1) is 0 Å². The molecule has 0 heterocycles. The van der Waals surface area contributed by atoms with Crippen LogP contribution in [0.1, 0.15) is 31.2 Å². The van der Waals surface area contributed by atoms with Crippen LogP contribution in [0.4, 0.5) is 5.69 Å². The van der Waals surface area contributed by atoms with Crippen LogP contribution in [0.2, 0.25) is 0 Å². The molecule has 0 unspecified atom stereocenters. The highest BCUT2D eigenvalue weighted by molar-refractivity contribution is 5.57. The maximum absolute atomic E-state index is 5.91. The molecule has 0 aromatic heterocycles. The number of nitrogens with two attached hydrogens (primary N) is 1. The fraction of sp³-hybridized carbons (Fsp3) is 0.625. The van der Waals surface area contributed by atoms with Crippen molar-refractivity contribution in [2.45, 2.75) is 32.2 Å². The largest absolute Gasteiger partial charge is 0.497 e. The second-order valence-corrected chi connectivity index (χ2v) is 5.99. The molecular weight excluding hydrogens is 236 g/mol. The molecule has 3 nitrogen and oxygen atoms in total. The van der Waals surface area contributed by atoms with Gasteiger partial charge in [-0.3, -0.25) is 0 Å². The summed E-state index contributed by atoms with van der Waals surface area (Å²) in [5.74, 6) is 2.73. The summed E-state index contributed by atoms with van der Waals surface area (Å²) < 4.78 is 5.38. The van der Waals surface area contributed by atoms with E-state index in [9.17, 15) is 0 Å². The van der Waals surface area contributed by atoms with E-state index in [-0.39, 0.29) is 0 Å². The van der Waals surface area contributed by atoms with Gasteiger partial charge < -0.3 is 15.4 Å². The molecule has 2 saturated carbocycles. The molecule has 2 N–H and O–H groups in total. The predicted molar refractivity (Wildman–Crippen MR) is 78.5 cm³/mol. The van der Waals surface area contributed by atoms with Gasteiger partial charge in [0, 0.05) is 31.4 Å². The Bertz CT molecular complexity index is 424. The summed E-state index contributed by atoms with van der Waals surface area (Å²) in [5.41, 5.74) is 8.44. The number of hydrogen-bond acceptors (Lipinski definition) is 3. The fourth-order valence-electron chi connectivity index (χ4n) is 2.63. The molecule has 1 aromatic rings. The second-order valence-electron chi connectivity index (χ2n) is 5.99. The monoisotopic (exact) mass is 260 g/mol. The van der Waals surface area contributed by atoms with Crippen molar-refractivity contribution >= 4 is 5.69 Å². The van der Waals surface area contributed by atoms with Crippen LogP contribution in [-0.4, -0.2) is 20.2 Å². The van der Waals surface area contributed by atoms with Crippen LogP contribution < -0.4 is 15.4 Å². The van der Waals surface area contributed by atoms with E-state index in [0.717, 1.165) is 17.6 Å². The van der Waals surface area contributed by atoms with Crippen LogP contribution in [0.25, 0.3) is 0 Å². The lowest BCUT2D eigenvalue weighted by Gasteiger charge is -2.27. The molecule has 0 atom stereocenters. The highest BCUT2D eigenvalue weighted by Gasteiger charge is 2.30. The molecule has 0 radical (unpaired) electrons. The average Bonchev–Trinajstić information content (AvgIpc) is 3.32. The first-order valence-electron chi connectivity index (χ1n) is 7.42. The average molecular weight is 260 g/mol. The molecule has 2 fully saturated rings. The summed E-state index contributed by atoms with van der Waals surface area (Å²) in [6.45, 7) is 2.98. The van der Waals surface area contributed by atoms with Crippen molar-refractivity contribution in [3.05, 3.63) is 23.8 Å². The van der Waals surface area contributed by atoms with E-state index >= 15 is 0 Å². The normalized spacial score (nSPS) is 18.4. The number of hydrogen-bond donors (Lipinski definition) is 1. The van der Waals surface area contributed by atoms with Crippen molar-refractivity contribution in [3.63, 3.8) is 0 Å². The van der Waals surface area contributed by atoms with Gasteiger partial charge in [-0.2, -0.15) is 0 Å². The van der Waals surface area contributed by atoms with Crippen molar-refractivity contribution < 1.29 is 4.74 Å². The van der Waals surface area contributed by atoms with Crippen LogP contribution in [0, 0.1) is 11.8 Å². The molecule has 2 aliphatic rings. The third-order valence-corrected chi connectivity index (χ3v) is 4.20. The summed E-state index contributed by atoms with van der Waals surface area (Å²) in [5, 5.41) is 0. The summed E-state index contributed by atoms with van der Waals surface area (Å²) in [6, 6.07) is 6.28. The lowest BCUT2D eigenvalue weighted by atomic mass is 10.1. The molecule has 1 aromatic carbocycles. The van der Waals surface area contributed by atoms with Gasteiger partial charge in [0.05, 0.1) is 7.11 Å². The van der Waals surface area contributed by atoms with Gasteiger partial charge in [0.25, 0.3) is 0 Å². The van der Waals surface area contributed by atoms with Gasteiger partial charge in [-0.05, 0) is 49.1 Å². The topological polar surface area (TPSA) is 38.5 Å². The SMILES string of the molecule is COc1ccc(CN)c(N(CC2CC2)CC2CC2)c1. The van der Waals surface area contributed by atoms with Gasteiger partial charge in [-0.1, -0.05) is 6.07 Å². The summed E-state index contributed by atoms with van der Waals surface area (Å²) in [6.07, 6.45) is 5.57. The Morgan fingerprint density at radius 1 is 1.16 bits per heavy atom. The van der Waals surface area contributed by atoms with E-state index in [1.807, 2.05) is 6.07 Å². The number of ether oxygens (including phenoxy) is 1. The van der Waals surface area contributed by atoms with Crippen LogP contribution in [0.15, 0.2) is 18.2 Å². The van der Waals surface area contributed by atoms with E-state index in [4.69, 9.17) is 10.5 Å². The Labute approximate surface area is 115 Å². The van der Waals surface area contributed by atoms with Crippen molar-refractivity contribution in [1.82, 2.24) is 0 Å². The maximum atomic E-state index is 5.91. The molecule has 0 spiro atoms. The standard InChI is InChI=1S/C16H24N2O/c1-19-15-7-6-14(9-17)16(8-15)18(10-12-2-3-12)11-13-4-5-13/h6-8,12-13H,2-5,9-11,17H2,1H3. The Morgan fingerprint density at radius 3 is 2.26 bits per heavy atom. The van der Waals surface area contributed by atoms with Crippen LogP contribution >= 0.6 is 0 Å². The minimum Gasteiger partial charge on any atom is -0.497 e. The van der Waals surface area contributed by atoms with Crippen LogP contribution in [0.5, 0.6) is 5.75 Å². The van der Waals surface area contributed by atoms with Crippen molar-refractivity contribution in [2.75, 3.05) is 25.1 Å². The van der Waals surface area contributed by atoms with Gasteiger partial charge in [-0.25, -0.2) is 0 Å². The summed E-state index contributed by atoms with van der Waals surface area (Å²) in [7, 11) is 1.73. The van der Waals surface area contributed by atoms with Gasteiger partial charge in [0.15, 0.2) is 0 Å². The zero-order chi connectivity index (χ0) is 13.2. The highest BCUT2D eigenvalue weighted by atomic mass is 16.5. The quantitative estimate of drug-likeness (QED) is 0.819. The third kappa shape index (κ3) is 3.21. The molecule has 3 heteroatoms. The molecule has 104 valence electrons. The fourth-order valence-corrected chi connectivity index (χ4v) is 2.63. The lowest BCUT2D eigenvalue weighted by molar-refractivity contribution is 0.414. The number of rotatable bonds is 7. The highest BCUT2D eigenvalue weighted by Crippen LogP contribution is 2.37. The van der Waals surface area contributed by atoms with E-state index in [0.29, 0.717) is 6.54 Å². The first-order valence-corrected chi connectivity index (χ1v) is 7.42. The second kappa shape index (κ2) is 5.41. The Morgan fingerprint density at radius 2 is 1.79 bits per heavy atom. The van der Waals surface area contributed by atoms with E-state index in [1.54, 1.807) is 7.11 Å². The van der Waals surface area contributed by atoms with Crippen LogP contribution in [0.3, 0.4) is 0 Å². The zero-order valence-corrected chi connectivity index (χ0v) is 11.8. The predicted octanol–water partition coefficient (Wildman–Crippen LogP) is 2.78. The Balaban J connectivity index is 1.84. The van der Waals surface area contributed by atoms with Gasteiger partial charge >= 0.3 is 0 Å². The summed E-state index contributed by atoms with van der Waals surface area (Å²) in [4.78, 5) is 2.56. The molecule has 3 rings (SSSR count). The zero-order valence-electron chi connectivity index (χ0n) is 11.8. The Hall–Kier alpha value is -1.22. The number of methoxy groups -OCH3 is 1. The molecule has 0 saturated heterocycles. The number of benzene rings is 1. The van der Waals surface area contributed by atoms with Crippen molar-refractivity contribution in [3.8, 4) is 5.75 Å². The summed E-state index contributed by atoms with van der Waals surface area (Å²) >= 11 is 0. The molecule has 0 amide bonds. The first kappa shape index (κ1) is 12.8. The molecule has 0 aliphatic heterocycles. The van der Waals surface area contributed by atoms with Gasteiger partial charge in [0.2, 0.25) is 0 Å². The third-order valence-electron chi connectivity index (χ3n) is 4.20. The Kier molecular flexibility index (Phi) is 3.65. The number of nitrogens with zero attached hydrogens (tertiary/aromatic N) is 1. The van der Waals surface area contributed by atoms with E-state index in [1.165, 1.54) is 50.0 Å². The lowest BCUT2D eigenvalue weighted by Crippen LogP contribution is -2.29. The van der Waals surface area contributed by atoms with Gasteiger partial charge in [0.1, 0.15) is 5.75 Å². The minimum absolute atomic E-state index is 0.602. The molecular formula is C16H24N2O. The first-order chi connectivity index (χ1) is 9.30. The van der Waals surface area contributed by atoms with Crippen molar-refractivity contribution in [2.24, 2.45) is 17.6 Å². The van der Waals surface area contributed by atoms with Crippen molar-refractivity contribution in [1.29, 1.82) is 0 Å². The maximum Gasteiger partial charge on any atom is 0.120 e. The molecule has 2 aliphatic carbocycles. The smallest absolute Gasteiger partial charge is 0.120 e.